The van der Waals surface area contributed by atoms with Crippen LogP contribution < -0.4 is 10.6 Å². The van der Waals surface area contributed by atoms with Gasteiger partial charge in [-0.1, -0.05) is 13.3 Å². The molecule has 2 N–H and O–H groups in total. The fourth-order valence-electron chi connectivity index (χ4n) is 2.08. The number of nitrogens with zero attached hydrogens (tertiary/aromatic N) is 1. The van der Waals surface area contributed by atoms with Gasteiger partial charge in [-0.2, -0.15) is 0 Å². The molecular formula is C17H30IN3O2S. The highest BCUT2D eigenvalue weighted by Gasteiger charge is 2.01. The lowest BCUT2D eigenvalue weighted by Gasteiger charge is -2.10. The summed E-state index contributed by atoms with van der Waals surface area (Å²) in [6, 6.07) is 4.33. The molecule has 1 aromatic heterocycles. The molecule has 0 saturated carbocycles. The van der Waals surface area contributed by atoms with Gasteiger partial charge in [0.1, 0.15) is 0 Å². The van der Waals surface area contributed by atoms with Crippen LogP contribution in [0.15, 0.2) is 17.1 Å². The van der Waals surface area contributed by atoms with E-state index in [1.54, 1.807) is 0 Å². The SMILES string of the molecule is CCNC(=NCc1ccc(CC)s1)NCCCCCC(=O)OC.I. The summed E-state index contributed by atoms with van der Waals surface area (Å²) < 4.78 is 4.63. The average Bonchev–Trinajstić information content (AvgIpc) is 3.03. The van der Waals surface area contributed by atoms with Crippen LogP contribution in [0.5, 0.6) is 0 Å². The van der Waals surface area contributed by atoms with E-state index < -0.39 is 0 Å². The Balaban J connectivity index is 0.00000529. The third kappa shape index (κ3) is 10.1. The number of methoxy groups -OCH3 is 1. The molecule has 0 saturated heterocycles. The Morgan fingerprint density at radius 3 is 2.54 bits per heavy atom. The molecule has 5 nitrogen and oxygen atoms in total. The first-order valence-electron chi connectivity index (χ1n) is 8.36. The molecule has 0 bridgehead atoms. The Bertz CT molecular complexity index is 492. The summed E-state index contributed by atoms with van der Waals surface area (Å²) in [6.45, 7) is 6.65. The third-order valence-electron chi connectivity index (χ3n) is 3.38. The zero-order valence-corrected chi connectivity index (χ0v) is 18.0. The van der Waals surface area contributed by atoms with Crippen molar-refractivity contribution in [1.82, 2.24) is 10.6 Å². The maximum absolute atomic E-state index is 11.0. The summed E-state index contributed by atoms with van der Waals surface area (Å²) >= 11 is 1.83. The molecule has 1 heterocycles. The van der Waals surface area contributed by atoms with Crippen molar-refractivity contribution in [2.75, 3.05) is 20.2 Å². The van der Waals surface area contributed by atoms with E-state index in [0.29, 0.717) is 13.0 Å². The first kappa shape index (κ1) is 23.2. The lowest BCUT2D eigenvalue weighted by molar-refractivity contribution is -0.140. The van der Waals surface area contributed by atoms with Crippen molar-refractivity contribution in [3.8, 4) is 0 Å². The van der Waals surface area contributed by atoms with E-state index in [2.05, 4.69) is 46.3 Å². The van der Waals surface area contributed by atoms with Gasteiger partial charge in [0.05, 0.1) is 13.7 Å². The number of guanidine groups is 1. The van der Waals surface area contributed by atoms with Crippen LogP contribution >= 0.6 is 35.3 Å². The molecule has 0 spiro atoms. The number of thiophene rings is 1. The van der Waals surface area contributed by atoms with E-state index in [9.17, 15) is 4.79 Å². The van der Waals surface area contributed by atoms with Crippen molar-refractivity contribution in [2.24, 2.45) is 4.99 Å². The van der Waals surface area contributed by atoms with Crippen molar-refractivity contribution < 1.29 is 9.53 Å². The van der Waals surface area contributed by atoms with Gasteiger partial charge in [0, 0.05) is 29.3 Å². The number of ether oxygens (including phenoxy) is 1. The third-order valence-corrected chi connectivity index (χ3v) is 4.60. The second kappa shape index (κ2) is 14.5. The number of rotatable bonds is 10. The van der Waals surface area contributed by atoms with Crippen molar-refractivity contribution in [1.29, 1.82) is 0 Å². The van der Waals surface area contributed by atoms with Crippen LogP contribution in [0.2, 0.25) is 0 Å². The molecule has 0 aliphatic rings. The highest BCUT2D eigenvalue weighted by molar-refractivity contribution is 14.0. The fourth-order valence-corrected chi connectivity index (χ4v) is 2.96. The molecule has 0 aliphatic heterocycles. The molecular weight excluding hydrogens is 437 g/mol. The lowest BCUT2D eigenvalue weighted by Crippen LogP contribution is -2.37. The van der Waals surface area contributed by atoms with Crippen LogP contribution in [-0.4, -0.2) is 32.1 Å². The van der Waals surface area contributed by atoms with Crippen LogP contribution in [0.1, 0.15) is 49.3 Å². The standard InChI is InChI=1S/C17H29N3O2S.HI/c1-4-14-10-11-15(23-14)13-20-17(18-5-2)19-12-8-6-7-9-16(21)22-3;/h10-11H,4-9,12-13H2,1-3H3,(H2,18,19,20);1H. The van der Waals surface area contributed by atoms with Crippen molar-refractivity contribution in [2.45, 2.75) is 52.5 Å². The molecule has 24 heavy (non-hydrogen) atoms. The van der Waals surface area contributed by atoms with Gasteiger partial charge in [0.15, 0.2) is 5.96 Å². The van der Waals surface area contributed by atoms with Crippen LogP contribution in [0, 0.1) is 0 Å². The number of unbranched alkanes of at least 4 members (excludes halogenated alkanes) is 2. The maximum Gasteiger partial charge on any atom is 0.305 e. The Morgan fingerprint density at radius 2 is 1.92 bits per heavy atom. The molecule has 0 fully saturated rings. The van der Waals surface area contributed by atoms with Gasteiger partial charge in [0.2, 0.25) is 0 Å². The van der Waals surface area contributed by atoms with Crippen molar-refractivity contribution in [3.63, 3.8) is 0 Å². The van der Waals surface area contributed by atoms with Crippen molar-refractivity contribution in [3.05, 3.63) is 21.9 Å². The highest BCUT2D eigenvalue weighted by atomic mass is 127. The topological polar surface area (TPSA) is 62.7 Å². The molecule has 0 atom stereocenters. The molecule has 1 aromatic rings. The van der Waals surface area contributed by atoms with Gasteiger partial charge in [0.25, 0.3) is 0 Å². The fraction of sp³-hybridized carbons (Fsp3) is 0.647. The normalized spacial score (nSPS) is 10.9. The van der Waals surface area contributed by atoms with E-state index in [-0.39, 0.29) is 29.9 Å². The molecule has 0 aliphatic carbocycles. The first-order valence-corrected chi connectivity index (χ1v) is 9.17. The molecule has 0 radical (unpaired) electrons. The number of hydrogen-bond acceptors (Lipinski definition) is 4. The summed E-state index contributed by atoms with van der Waals surface area (Å²) in [7, 11) is 1.43. The number of aryl methyl sites for hydroxylation is 1. The van der Waals surface area contributed by atoms with Crippen LogP contribution in [0.3, 0.4) is 0 Å². The molecule has 0 aromatic carbocycles. The smallest absolute Gasteiger partial charge is 0.305 e. The summed E-state index contributed by atoms with van der Waals surface area (Å²) in [6.07, 6.45) is 4.48. The summed E-state index contributed by atoms with van der Waals surface area (Å²) in [5.74, 6) is 0.724. The molecule has 7 heteroatoms. The number of carbonyl (C=O) groups excluding carboxylic acids is 1. The molecule has 138 valence electrons. The lowest BCUT2D eigenvalue weighted by atomic mass is 10.2. The Kier molecular flexibility index (Phi) is 14.0. The Hall–Kier alpha value is -0.830. The minimum Gasteiger partial charge on any atom is -0.469 e. The summed E-state index contributed by atoms with van der Waals surface area (Å²) in [5, 5.41) is 6.60. The molecule has 0 amide bonds. The second-order valence-corrected chi connectivity index (χ2v) is 6.48. The zero-order valence-electron chi connectivity index (χ0n) is 14.9. The maximum atomic E-state index is 11.0. The Morgan fingerprint density at radius 1 is 1.17 bits per heavy atom. The molecule has 1 rings (SSSR count). The largest absolute Gasteiger partial charge is 0.469 e. The number of carbonyl (C=O) groups is 1. The quantitative estimate of drug-likeness (QED) is 0.181. The minimum absolute atomic E-state index is 0. The Labute approximate surface area is 166 Å². The van der Waals surface area contributed by atoms with E-state index in [4.69, 9.17) is 0 Å². The number of nitrogens with one attached hydrogen (secondary N) is 2. The second-order valence-electron chi connectivity index (χ2n) is 5.23. The van der Waals surface area contributed by atoms with Gasteiger partial charge in [-0.3, -0.25) is 4.79 Å². The number of halogens is 1. The number of hydrogen-bond donors (Lipinski definition) is 2. The number of aliphatic imine (C=N–C) groups is 1. The van der Waals surface area contributed by atoms with Crippen LogP contribution in [0.4, 0.5) is 0 Å². The molecule has 0 unspecified atom stereocenters. The van der Waals surface area contributed by atoms with Crippen molar-refractivity contribution >= 4 is 47.2 Å². The van der Waals surface area contributed by atoms with E-state index in [1.165, 1.54) is 16.9 Å². The van der Waals surface area contributed by atoms with Gasteiger partial charge < -0.3 is 15.4 Å². The van der Waals surface area contributed by atoms with E-state index >= 15 is 0 Å². The summed E-state index contributed by atoms with van der Waals surface area (Å²) in [4.78, 5) is 18.3. The van der Waals surface area contributed by atoms with Gasteiger partial charge >= 0.3 is 5.97 Å². The van der Waals surface area contributed by atoms with Crippen LogP contribution in [-0.2, 0) is 22.5 Å². The minimum atomic E-state index is -0.129. The van der Waals surface area contributed by atoms with Gasteiger partial charge in [-0.25, -0.2) is 4.99 Å². The number of esters is 1. The zero-order chi connectivity index (χ0) is 16.9. The highest BCUT2D eigenvalue weighted by Crippen LogP contribution is 2.17. The first-order chi connectivity index (χ1) is 11.2. The predicted molar refractivity (Wildman–Crippen MR) is 112 cm³/mol. The van der Waals surface area contributed by atoms with E-state index in [0.717, 1.165) is 44.7 Å². The van der Waals surface area contributed by atoms with Gasteiger partial charge in [-0.05, 0) is 38.3 Å². The van der Waals surface area contributed by atoms with Crippen LogP contribution in [0.25, 0.3) is 0 Å². The predicted octanol–water partition coefficient (Wildman–Crippen LogP) is 3.72. The van der Waals surface area contributed by atoms with E-state index in [1.807, 2.05) is 11.3 Å². The monoisotopic (exact) mass is 467 g/mol. The summed E-state index contributed by atoms with van der Waals surface area (Å²) in [5.41, 5.74) is 0. The average molecular weight is 467 g/mol. The van der Waals surface area contributed by atoms with Gasteiger partial charge in [-0.15, -0.1) is 35.3 Å².